The fraction of sp³-hybridized carbons (Fsp3) is 0.0417. The molecule has 1 heterocycles. The van der Waals surface area contributed by atoms with Crippen molar-refractivity contribution in [2.45, 2.75) is 6.36 Å². The summed E-state index contributed by atoms with van der Waals surface area (Å²) in [5, 5.41) is 19.4. The Morgan fingerprint density at radius 2 is 1.23 bits per heavy atom. The van der Waals surface area contributed by atoms with Crippen LogP contribution in [0, 0.1) is 0 Å². The molecule has 0 aliphatic carbocycles. The van der Waals surface area contributed by atoms with E-state index in [2.05, 4.69) is 9.72 Å². The van der Waals surface area contributed by atoms with Crippen LogP contribution in [0.2, 0.25) is 0 Å². The summed E-state index contributed by atoms with van der Waals surface area (Å²) in [6.45, 7) is 0. The van der Waals surface area contributed by atoms with E-state index in [1.54, 1.807) is 60.7 Å². The normalized spacial score (nSPS) is 11.3. The first-order chi connectivity index (χ1) is 14.8. The van der Waals surface area contributed by atoms with Crippen molar-refractivity contribution in [1.82, 2.24) is 4.98 Å². The monoisotopic (exact) mass is 423 g/mol. The Labute approximate surface area is 175 Å². The van der Waals surface area contributed by atoms with E-state index >= 15 is 0 Å². The molecule has 0 amide bonds. The molecule has 4 nitrogen and oxygen atoms in total. The molecule has 4 rings (SSSR count). The average Bonchev–Trinajstić information content (AvgIpc) is 2.73. The number of benzene rings is 3. The van der Waals surface area contributed by atoms with E-state index in [1.165, 1.54) is 24.3 Å². The smallest absolute Gasteiger partial charge is 0.508 e. The van der Waals surface area contributed by atoms with Gasteiger partial charge in [-0.15, -0.1) is 13.2 Å². The van der Waals surface area contributed by atoms with Crippen molar-refractivity contribution in [3.05, 3.63) is 84.9 Å². The van der Waals surface area contributed by atoms with Gasteiger partial charge in [0.1, 0.15) is 17.2 Å². The van der Waals surface area contributed by atoms with Gasteiger partial charge in [0.15, 0.2) is 0 Å². The maximum atomic E-state index is 12.4. The minimum absolute atomic E-state index is 0.0875. The van der Waals surface area contributed by atoms with Gasteiger partial charge in [0.25, 0.3) is 0 Å². The van der Waals surface area contributed by atoms with Crippen molar-refractivity contribution >= 4 is 0 Å². The highest BCUT2D eigenvalue weighted by molar-refractivity contribution is 5.77. The topological polar surface area (TPSA) is 62.6 Å². The maximum absolute atomic E-state index is 12.4. The molecule has 0 saturated carbocycles. The highest BCUT2D eigenvalue weighted by Crippen LogP contribution is 2.33. The number of pyridine rings is 1. The minimum atomic E-state index is -4.76. The SMILES string of the molecule is Oc1ccc(-c2cc(-c3ccc(OC(F)(F)F)cc3)cc(-c3cccc(O)c3)n2)cc1. The lowest BCUT2D eigenvalue weighted by molar-refractivity contribution is -0.274. The molecule has 2 N–H and O–H groups in total. The standard InChI is InChI=1S/C24H16F3NO3/c25-24(26,27)31-21-10-6-15(7-11-21)18-13-22(16-4-8-19(29)9-5-16)28-23(14-18)17-2-1-3-20(30)12-17/h1-14,29-30H. The molecule has 0 radical (unpaired) electrons. The van der Waals surface area contributed by atoms with E-state index in [1.807, 2.05) is 0 Å². The number of ether oxygens (including phenoxy) is 1. The number of aromatic hydroxyl groups is 2. The van der Waals surface area contributed by atoms with Crippen LogP contribution in [0.1, 0.15) is 0 Å². The van der Waals surface area contributed by atoms with Crippen molar-refractivity contribution in [2.24, 2.45) is 0 Å². The largest absolute Gasteiger partial charge is 0.573 e. The number of phenols is 2. The van der Waals surface area contributed by atoms with Crippen LogP contribution >= 0.6 is 0 Å². The molecule has 0 fully saturated rings. The molecule has 3 aromatic carbocycles. The fourth-order valence-corrected chi connectivity index (χ4v) is 3.14. The molecule has 0 aliphatic heterocycles. The van der Waals surface area contributed by atoms with Crippen LogP contribution in [0.5, 0.6) is 17.2 Å². The third-order valence-electron chi connectivity index (χ3n) is 4.55. The molecule has 0 spiro atoms. The van der Waals surface area contributed by atoms with Gasteiger partial charge in [-0.2, -0.15) is 0 Å². The lowest BCUT2D eigenvalue weighted by Gasteiger charge is -2.12. The number of alkyl halides is 3. The number of hydrogen-bond donors (Lipinski definition) is 2. The second kappa shape index (κ2) is 8.02. The zero-order chi connectivity index (χ0) is 22.0. The summed E-state index contributed by atoms with van der Waals surface area (Å²) in [6.07, 6.45) is -4.76. The number of rotatable bonds is 4. The molecule has 31 heavy (non-hydrogen) atoms. The van der Waals surface area contributed by atoms with Crippen LogP contribution in [0.15, 0.2) is 84.9 Å². The zero-order valence-corrected chi connectivity index (χ0v) is 16.0. The van der Waals surface area contributed by atoms with Gasteiger partial charge in [-0.3, -0.25) is 0 Å². The van der Waals surface area contributed by atoms with E-state index in [0.717, 1.165) is 11.1 Å². The molecule has 7 heteroatoms. The van der Waals surface area contributed by atoms with Crippen molar-refractivity contribution < 1.29 is 28.1 Å². The second-order valence-corrected chi connectivity index (χ2v) is 6.80. The van der Waals surface area contributed by atoms with Gasteiger partial charge >= 0.3 is 6.36 Å². The molecule has 0 atom stereocenters. The first-order valence-electron chi connectivity index (χ1n) is 9.24. The van der Waals surface area contributed by atoms with Crippen LogP contribution in [0.25, 0.3) is 33.6 Å². The van der Waals surface area contributed by atoms with Gasteiger partial charge in [-0.1, -0.05) is 24.3 Å². The maximum Gasteiger partial charge on any atom is 0.573 e. The molecule has 1 aromatic heterocycles. The van der Waals surface area contributed by atoms with E-state index in [9.17, 15) is 23.4 Å². The summed E-state index contributed by atoms with van der Waals surface area (Å²) in [4.78, 5) is 4.67. The molecule has 0 aliphatic rings. The number of hydrogen-bond acceptors (Lipinski definition) is 4. The quantitative estimate of drug-likeness (QED) is 0.399. The summed E-state index contributed by atoms with van der Waals surface area (Å²) < 4.78 is 41.3. The predicted octanol–water partition coefficient (Wildman–Crippen LogP) is 6.39. The van der Waals surface area contributed by atoms with Crippen molar-refractivity contribution in [3.8, 4) is 50.9 Å². The highest BCUT2D eigenvalue weighted by Gasteiger charge is 2.31. The van der Waals surface area contributed by atoms with Crippen LogP contribution in [0.4, 0.5) is 13.2 Å². The van der Waals surface area contributed by atoms with Crippen LogP contribution in [-0.4, -0.2) is 21.6 Å². The summed E-state index contributed by atoms with van der Waals surface area (Å²) in [5.41, 5.74) is 3.99. The third kappa shape index (κ3) is 4.95. The number of halogens is 3. The van der Waals surface area contributed by atoms with E-state index in [-0.39, 0.29) is 17.2 Å². The average molecular weight is 423 g/mol. The van der Waals surface area contributed by atoms with E-state index < -0.39 is 6.36 Å². The van der Waals surface area contributed by atoms with Crippen molar-refractivity contribution in [3.63, 3.8) is 0 Å². The Morgan fingerprint density at radius 1 is 0.613 bits per heavy atom. The molecule has 156 valence electrons. The fourth-order valence-electron chi connectivity index (χ4n) is 3.14. The van der Waals surface area contributed by atoms with Crippen LogP contribution in [0.3, 0.4) is 0 Å². The van der Waals surface area contributed by atoms with Crippen LogP contribution < -0.4 is 4.74 Å². The molecular formula is C24H16F3NO3. The van der Waals surface area contributed by atoms with Crippen LogP contribution in [-0.2, 0) is 0 Å². The zero-order valence-electron chi connectivity index (χ0n) is 16.0. The second-order valence-electron chi connectivity index (χ2n) is 6.80. The highest BCUT2D eigenvalue weighted by atomic mass is 19.4. The molecule has 0 unspecified atom stereocenters. The number of aromatic nitrogens is 1. The van der Waals surface area contributed by atoms with Gasteiger partial charge in [-0.05, 0) is 71.8 Å². The van der Waals surface area contributed by atoms with E-state index in [4.69, 9.17) is 0 Å². The molecule has 4 aromatic rings. The Balaban J connectivity index is 1.80. The number of nitrogens with zero attached hydrogens (tertiary/aromatic N) is 1. The van der Waals surface area contributed by atoms with E-state index in [0.29, 0.717) is 22.5 Å². The Hall–Kier alpha value is -4.00. The Morgan fingerprint density at radius 3 is 1.84 bits per heavy atom. The van der Waals surface area contributed by atoms with Gasteiger partial charge in [0.05, 0.1) is 11.4 Å². The molecular weight excluding hydrogens is 407 g/mol. The minimum Gasteiger partial charge on any atom is -0.508 e. The first kappa shape index (κ1) is 20.3. The van der Waals surface area contributed by atoms with Gasteiger partial charge in [-0.25, -0.2) is 4.98 Å². The van der Waals surface area contributed by atoms with Gasteiger partial charge in [0.2, 0.25) is 0 Å². The Kier molecular flexibility index (Phi) is 5.25. The van der Waals surface area contributed by atoms with Gasteiger partial charge in [0, 0.05) is 11.1 Å². The van der Waals surface area contributed by atoms with Gasteiger partial charge < -0.3 is 14.9 Å². The molecule has 0 bridgehead atoms. The lowest BCUT2D eigenvalue weighted by atomic mass is 10.00. The first-order valence-corrected chi connectivity index (χ1v) is 9.24. The third-order valence-corrected chi connectivity index (χ3v) is 4.55. The molecule has 0 saturated heterocycles. The lowest BCUT2D eigenvalue weighted by Crippen LogP contribution is -2.16. The summed E-state index contributed by atoms with van der Waals surface area (Å²) >= 11 is 0. The van der Waals surface area contributed by atoms with Crippen molar-refractivity contribution in [1.29, 1.82) is 0 Å². The van der Waals surface area contributed by atoms with Crippen molar-refractivity contribution in [2.75, 3.05) is 0 Å². The summed E-state index contributed by atoms with van der Waals surface area (Å²) in [6, 6.07) is 22.3. The summed E-state index contributed by atoms with van der Waals surface area (Å²) in [7, 11) is 0. The number of phenolic OH excluding ortho intramolecular Hbond substituents is 2. The summed E-state index contributed by atoms with van der Waals surface area (Å²) in [5.74, 6) is -0.102. The predicted molar refractivity (Wildman–Crippen MR) is 111 cm³/mol. The Bertz CT molecular complexity index is 1200.